The van der Waals surface area contributed by atoms with Gasteiger partial charge in [-0.3, -0.25) is 0 Å². The average molecular weight is 167 g/mol. The fraction of sp³-hybridized carbons (Fsp3) is 1.00. The van der Waals surface area contributed by atoms with Crippen molar-refractivity contribution in [3.8, 4) is 0 Å². The lowest BCUT2D eigenvalue weighted by Gasteiger charge is -2.20. The molecule has 0 aromatic rings. The molecular weight excluding hydrogens is 151 g/mol. The zero-order valence-electron chi connectivity index (χ0n) is 7.13. The summed E-state index contributed by atoms with van der Waals surface area (Å²) >= 11 is 0.519. The first kappa shape index (κ1) is 8.07. The molecule has 0 unspecified atom stereocenters. The molecule has 0 aromatic carbocycles. The Morgan fingerprint density at radius 1 is 0.636 bits per heavy atom. The molecule has 1 radical (unpaired) electrons. The van der Waals surface area contributed by atoms with E-state index < -0.39 is 0 Å². The van der Waals surface area contributed by atoms with E-state index in [2.05, 4.69) is 7.77 Å². The normalized spacial score (nSPS) is 28.0. The molecule has 0 spiro atoms. The number of hydrogen-bond acceptors (Lipinski definition) is 2. The summed E-state index contributed by atoms with van der Waals surface area (Å²) < 4.78 is 5.34. The molecule has 0 bridgehead atoms. The lowest BCUT2D eigenvalue weighted by molar-refractivity contribution is 0.451. The Labute approximate surface area is 75.7 Å². The van der Waals surface area contributed by atoms with Crippen LogP contribution in [0.3, 0.4) is 0 Å². The Bertz CT molecular complexity index is 103. The van der Waals surface area contributed by atoms with Crippen LogP contribution >= 0.6 is 0 Å². The van der Waals surface area contributed by atoms with Crippen LogP contribution in [0.15, 0.2) is 0 Å². The van der Waals surface area contributed by atoms with Crippen LogP contribution in [0.4, 0.5) is 0 Å². The fourth-order valence-corrected chi connectivity index (χ4v) is 3.60. The predicted molar refractivity (Wildman–Crippen MR) is 47.4 cm³/mol. The van der Waals surface area contributed by atoms with Gasteiger partial charge in [-0.2, -0.15) is 0 Å². The monoisotopic (exact) mass is 167 g/mol. The van der Waals surface area contributed by atoms with E-state index in [-0.39, 0.29) is 0 Å². The van der Waals surface area contributed by atoms with E-state index in [0.29, 0.717) is 15.7 Å². The number of hydrogen-bond donors (Lipinski definition) is 0. The number of nitrogens with zero attached hydrogens (tertiary/aromatic N) is 2. The van der Waals surface area contributed by atoms with Crippen molar-refractivity contribution in [2.45, 2.75) is 25.7 Å². The highest BCUT2D eigenvalue weighted by Gasteiger charge is 2.20. The van der Waals surface area contributed by atoms with E-state index >= 15 is 0 Å². The highest BCUT2D eigenvalue weighted by atomic mass is 27.1. The van der Waals surface area contributed by atoms with Crippen LogP contribution in [-0.2, 0) is 0 Å². The van der Waals surface area contributed by atoms with Gasteiger partial charge in [0.1, 0.15) is 0 Å². The van der Waals surface area contributed by atoms with Crippen molar-refractivity contribution in [2.75, 3.05) is 26.2 Å². The van der Waals surface area contributed by atoms with Crippen molar-refractivity contribution in [3.05, 3.63) is 0 Å². The van der Waals surface area contributed by atoms with E-state index in [4.69, 9.17) is 0 Å². The lowest BCUT2D eigenvalue weighted by atomic mass is 10.4. The van der Waals surface area contributed by atoms with Gasteiger partial charge in [0, 0.05) is 0 Å². The summed E-state index contributed by atoms with van der Waals surface area (Å²) in [4.78, 5) is 0. The first-order valence-corrected chi connectivity index (χ1v) is 5.81. The topological polar surface area (TPSA) is 6.48 Å². The second-order valence-corrected chi connectivity index (χ2v) is 5.29. The summed E-state index contributed by atoms with van der Waals surface area (Å²) in [7, 11) is 0. The minimum atomic E-state index is 0.519. The van der Waals surface area contributed by atoms with E-state index in [1.807, 2.05) is 0 Å². The Morgan fingerprint density at radius 2 is 1.00 bits per heavy atom. The molecule has 0 aliphatic carbocycles. The molecule has 3 heteroatoms. The predicted octanol–water partition coefficient (Wildman–Crippen LogP) is 0.712. The molecule has 2 aliphatic heterocycles. The standard InChI is InChI=1S/2C4H8N.Al/c2*1-2-4-5-3-1;/h2*1-4H2;/q2*-1;+2. The Morgan fingerprint density at radius 3 is 1.36 bits per heavy atom. The van der Waals surface area contributed by atoms with Crippen molar-refractivity contribution in [1.82, 2.24) is 7.77 Å². The molecule has 61 valence electrons. The van der Waals surface area contributed by atoms with Gasteiger partial charge in [-0.25, -0.2) is 0 Å². The largest absolute Gasteiger partial charge is 0.455 e. The molecule has 2 rings (SSSR count). The Kier molecular flexibility index (Phi) is 2.87. The van der Waals surface area contributed by atoms with Gasteiger partial charge in [0.2, 0.25) is 0 Å². The van der Waals surface area contributed by atoms with Crippen LogP contribution in [0, 0.1) is 0 Å². The van der Waals surface area contributed by atoms with Gasteiger partial charge < -0.3 is 7.77 Å². The summed E-state index contributed by atoms with van der Waals surface area (Å²) in [6, 6.07) is 0. The molecule has 0 saturated carbocycles. The second-order valence-electron chi connectivity index (χ2n) is 3.60. The molecule has 0 aromatic heterocycles. The van der Waals surface area contributed by atoms with E-state index in [1.165, 1.54) is 51.9 Å². The molecule has 2 fully saturated rings. The highest BCUT2D eigenvalue weighted by Crippen LogP contribution is 2.10. The SMILES string of the molecule is C1CC[N]([Al][N]2CCCC2)C1. The first-order chi connectivity index (χ1) is 5.45. The van der Waals surface area contributed by atoms with Gasteiger partial charge >= 0.3 is 15.7 Å². The maximum Gasteiger partial charge on any atom is 0.455 e. The maximum atomic E-state index is 2.67. The molecule has 2 aliphatic rings. The third-order valence-electron chi connectivity index (χ3n) is 2.61. The zero-order valence-corrected chi connectivity index (χ0v) is 8.28. The molecule has 0 amide bonds. The lowest BCUT2D eigenvalue weighted by Crippen LogP contribution is -2.38. The van der Waals surface area contributed by atoms with Gasteiger partial charge in [-0.05, 0) is 51.9 Å². The molecule has 0 atom stereocenters. The van der Waals surface area contributed by atoms with Crippen LogP contribution in [-0.4, -0.2) is 49.6 Å². The minimum absolute atomic E-state index is 0.519. The van der Waals surface area contributed by atoms with Crippen molar-refractivity contribution >= 4 is 15.7 Å². The summed E-state index contributed by atoms with van der Waals surface area (Å²) in [5, 5.41) is 0. The highest BCUT2D eigenvalue weighted by molar-refractivity contribution is 6.28. The fourth-order valence-electron chi connectivity index (χ4n) is 1.95. The molecular formula is C8H16AlN2. The van der Waals surface area contributed by atoms with Gasteiger partial charge in [0.25, 0.3) is 0 Å². The van der Waals surface area contributed by atoms with E-state index in [0.717, 1.165) is 0 Å². The second kappa shape index (κ2) is 3.91. The summed E-state index contributed by atoms with van der Waals surface area (Å²) in [6.45, 7) is 5.52. The van der Waals surface area contributed by atoms with Gasteiger partial charge in [0.15, 0.2) is 0 Å². The van der Waals surface area contributed by atoms with Crippen molar-refractivity contribution < 1.29 is 0 Å². The maximum absolute atomic E-state index is 2.67. The Hall–Kier alpha value is 0.452. The van der Waals surface area contributed by atoms with Crippen LogP contribution in [0.25, 0.3) is 0 Å². The molecule has 2 nitrogen and oxygen atoms in total. The third kappa shape index (κ3) is 2.19. The number of rotatable bonds is 2. The smallest absolute Gasteiger partial charge is 0.378 e. The van der Waals surface area contributed by atoms with Gasteiger partial charge in [-0.15, -0.1) is 0 Å². The first-order valence-electron chi connectivity index (χ1n) is 4.78. The van der Waals surface area contributed by atoms with Crippen molar-refractivity contribution in [3.63, 3.8) is 0 Å². The molecule has 11 heavy (non-hydrogen) atoms. The van der Waals surface area contributed by atoms with Crippen LogP contribution in [0.1, 0.15) is 25.7 Å². The van der Waals surface area contributed by atoms with E-state index in [1.54, 1.807) is 0 Å². The van der Waals surface area contributed by atoms with Crippen LogP contribution in [0.2, 0.25) is 0 Å². The average Bonchev–Trinajstić information content (AvgIpc) is 2.60. The minimum Gasteiger partial charge on any atom is -0.378 e. The molecule has 0 N–H and O–H groups in total. The third-order valence-corrected chi connectivity index (χ3v) is 4.29. The molecule has 2 heterocycles. The zero-order chi connectivity index (χ0) is 7.52. The van der Waals surface area contributed by atoms with Crippen molar-refractivity contribution in [2.24, 2.45) is 0 Å². The van der Waals surface area contributed by atoms with Crippen LogP contribution in [0.5, 0.6) is 0 Å². The quantitative estimate of drug-likeness (QED) is 0.559. The summed E-state index contributed by atoms with van der Waals surface area (Å²) in [6.07, 6.45) is 5.78. The molecule has 2 saturated heterocycles. The van der Waals surface area contributed by atoms with Crippen molar-refractivity contribution in [1.29, 1.82) is 0 Å². The Balaban J connectivity index is 1.71. The van der Waals surface area contributed by atoms with Crippen LogP contribution < -0.4 is 0 Å². The summed E-state index contributed by atoms with van der Waals surface area (Å²) in [5.74, 6) is 0. The van der Waals surface area contributed by atoms with Gasteiger partial charge in [0.05, 0.1) is 0 Å². The summed E-state index contributed by atoms with van der Waals surface area (Å²) in [5.41, 5.74) is 0. The van der Waals surface area contributed by atoms with Gasteiger partial charge in [-0.1, -0.05) is 0 Å². The van der Waals surface area contributed by atoms with E-state index in [9.17, 15) is 0 Å².